The van der Waals surface area contributed by atoms with E-state index in [0.29, 0.717) is 39.1 Å². The van der Waals surface area contributed by atoms with Crippen molar-refractivity contribution in [1.82, 2.24) is 9.21 Å². The fourth-order valence-corrected chi connectivity index (χ4v) is 6.72. The lowest BCUT2D eigenvalue weighted by atomic mass is 10.2. The van der Waals surface area contributed by atoms with Gasteiger partial charge in [-0.05, 0) is 55.2 Å². The first-order chi connectivity index (χ1) is 16.9. The Hall–Kier alpha value is -2.91. The highest BCUT2D eigenvalue weighted by Gasteiger charge is 2.31. The van der Waals surface area contributed by atoms with E-state index in [-0.39, 0.29) is 29.6 Å². The van der Waals surface area contributed by atoms with Crippen LogP contribution < -0.4 is 9.80 Å². The maximum atomic E-state index is 13.3. The lowest BCUT2D eigenvalue weighted by Crippen LogP contribution is -2.48. The minimum atomic E-state index is -3.60. The molecule has 2 aromatic carbocycles. The Kier molecular flexibility index (Phi) is 6.80. The van der Waals surface area contributed by atoms with Crippen LogP contribution in [0.4, 0.5) is 11.4 Å². The molecule has 9 heteroatoms. The molecule has 0 N–H and O–H groups in total. The maximum Gasteiger partial charge on any atom is 0.243 e. The van der Waals surface area contributed by atoms with Crippen LogP contribution in [0.1, 0.15) is 31.2 Å². The molecular formula is C26H32N4O4S. The van der Waals surface area contributed by atoms with E-state index in [0.717, 1.165) is 42.9 Å². The fraction of sp³-hybridized carbons (Fsp3) is 0.462. The molecule has 2 aromatic rings. The summed E-state index contributed by atoms with van der Waals surface area (Å²) in [6.07, 6.45) is 3.10. The molecule has 3 heterocycles. The standard InChI is InChI=1S/C26H32N4O4S/c31-25(28-13-4-5-14-28)10-11-26(32)30-15-12-21-20-23(8-9-24(21)30)35(33,34)29-18-16-27(17-19-29)22-6-2-1-3-7-22/h1-3,6-9,20H,4-5,10-19H2. The van der Waals surface area contributed by atoms with Crippen molar-refractivity contribution in [3.05, 3.63) is 54.1 Å². The van der Waals surface area contributed by atoms with Gasteiger partial charge in [-0.2, -0.15) is 4.31 Å². The number of piperazine rings is 1. The number of hydrogen-bond donors (Lipinski definition) is 0. The summed E-state index contributed by atoms with van der Waals surface area (Å²) in [5.41, 5.74) is 2.73. The van der Waals surface area contributed by atoms with Gasteiger partial charge in [0.25, 0.3) is 0 Å². The molecule has 0 bridgehead atoms. The van der Waals surface area contributed by atoms with Gasteiger partial charge in [0.1, 0.15) is 0 Å². The number of amides is 2. The molecule has 2 amide bonds. The van der Waals surface area contributed by atoms with Crippen LogP contribution in [0.2, 0.25) is 0 Å². The van der Waals surface area contributed by atoms with E-state index < -0.39 is 10.0 Å². The van der Waals surface area contributed by atoms with Gasteiger partial charge in [0, 0.05) is 70.0 Å². The van der Waals surface area contributed by atoms with Crippen molar-refractivity contribution in [1.29, 1.82) is 0 Å². The van der Waals surface area contributed by atoms with E-state index in [1.54, 1.807) is 27.4 Å². The molecule has 8 nitrogen and oxygen atoms in total. The number of likely N-dealkylation sites (tertiary alicyclic amines) is 1. The predicted octanol–water partition coefficient (Wildman–Crippen LogP) is 2.49. The molecule has 186 valence electrons. The molecule has 0 saturated carbocycles. The second-order valence-corrected chi connectivity index (χ2v) is 11.3. The van der Waals surface area contributed by atoms with Crippen LogP contribution >= 0.6 is 0 Å². The number of fused-ring (bicyclic) bond motifs is 1. The third-order valence-corrected chi connectivity index (χ3v) is 9.15. The summed E-state index contributed by atoms with van der Waals surface area (Å²) in [7, 11) is -3.60. The van der Waals surface area contributed by atoms with E-state index in [4.69, 9.17) is 0 Å². The van der Waals surface area contributed by atoms with Crippen LogP contribution in [-0.2, 0) is 26.0 Å². The number of rotatable bonds is 6. The van der Waals surface area contributed by atoms with Crippen molar-refractivity contribution in [3.63, 3.8) is 0 Å². The lowest BCUT2D eigenvalue weighted by Gasteiger charge is -2.35. The van der Waals surface area contributed by atoms with E-state index in [1.807, 2.05) is 35.2 Å². The Morgan fingerprint density at radius 2 is 1.46 bits per heavy atom. The molecule has 0 atom stereocenters. The van der Waals surface area contributed by atoms with Gasteiger partial charge in [-0.3, -0.25) is 9.59 Å². The smallest absolute Gasteiger partial charge is 0.243 e. The molecule has 5 rings (SSSR count). The topological polar surface area (TPSA) is 81.2 Å². The Bertz CT molecular complexity index is 1190. The van der Waals surface area contributed by atoms with Crippen LogP contribution in [0.3, 0.4) is 0 Å². The molecule has 2 fully saturated rings. The number of para-hydroxylation sites is 1. The molecular weight excluding hydrogens is 464 g/mol. The Morgan fingerprint density at radius 3 is 2.17 bits per heavy atom. The molecule has 0 radical (unpaired) electrons. The van der Waals surface area contributed by atoms with Crippen LogP contribution in [0.15, 0.2) is 53.4 Å². The Labute approximate surface area is 207 Å². The van der Waals surface area contributed by atoms with Crippen molar-refractivity contribution < 1.29 is 18.0 Å². The molecule has 0 aromatic heterocycles. The number of carbonyl (C=O) groups is 2. The molecule has 0 unspecified atom stereocenters. The van der Waals surface area contributed by atoms with E-state index in [2.05, 4.69) is 4.90 Å². The highest BCUT2D eigenvalue weighted by Crippen LogP contribution is 2.32. The highest BCUT2D eigenvalue weighted by molar-refractivity contribution is 7.89. The monoisotopic (exact) mass is 496 g/mol. The van der Waals surface area contributed by atoms with Crippen LogP contribution in [0.5, 0.6) is 0 Å². The van der Waals surface area contributed by atoms with Crippen LogP contribution in [0, 0.1) is 0 Å². The van der Waals surface area contributed by atoms with Crippen LogP contribution in [-0.4, -0.2) is 75.3 Å². The van der Waals surface area contributed by atoms with E-state index in [1.165, 1.54) is 0 Å². The number of sulfonamides is 1. The molecule has 0 spiro atoms. The van der Waals surface area contributed by atoms with Gasteiger partial charge >= 0.3 is 0 Å². The van der Waals surface area contributed by atoms with E-state index in [9.17, 15) is 18.0 Å². The summed E-state index contributed by atoms with van der Waals surface area (Å²) in [4.78, 5) is 31.1. The summed E-state index contributed by atoms with van der Waals surface area (Å²) >= 11 is 0. The summed E-state index contributed by atoms with van der Waals surface area (Å²) in [6, 6.07) is 15.1. The lowest BCUT2D eigenvalue weighted by molar-refractivity contribution is -0.132. The maximum absolute atomic E-state index is 13.3. The summed E-state index contributed by atoms with van der Waals surface area (Å²) in [5, 5.41) is 0. The second kappa shape index (κ2) is 9.99. The second-order valence-electron chi connectivity index (χ2n) is 9.40. The third-order valence-electron chi connectivity index (χ3n) is 7.26. The quantitative estimate of drug-likeness (QED) is 0.614. The minimum absolute atomic E-state index is 0.0454. The van der Waals surface area contributed by atoms with Crippen molar-refractivity contribution in [2.24, 2.45) is 0 Å². The van der Waals surface area contributed by atoms with Gasteiger partial charge in [-0.1, -0.05) is 18.2 Å². The largest absolute Gasteiger partial charge is 0.369 e. The van der Waals surface area contributed by atoms with Crippen molar-refractivity contribution in [3.8, 4) is 0 Å². The van der Waals surface area contributed by atoms with Crippen molar-refractivity contribution in [2.45, 2.75) is 37.0 Å². The van der Waals surface area contributed by atoms with E-state index >= 15 is 0 Å². The number of nitrogens with zero attached hydrogens (tertiary/aromatic N) is 4. The summed E-state index contributed by atoms with van der Waals surface area (Å²) in [5.74, 6) is -0.0342. The van der Waals surface area contributed by atoms with Gasteiger partial charge in [0.2, 0.25) is 21.8 Å². The highest BCUT2D eigenvalue weighted by atomic mass is 32.2. The number of hydrogen-bond acceptors (Lipinski definition) is 5. The third kappa shape index (κ3) is 4.92. The average Bonchev–Trinajstić information content (AvgIpc) is 3.58. The zero-order valence-corrected chi connectivity index (χ0v) is 20.8. The van der Waals surface area contributed by atoms with Gasteiger partial charge in [-0.15, -0.1) is 0 Å². The number of anilines is 2. The SMILES string of the molecule is O=C(CCC(=O)N1CCc2cc(S(=O)(=O)N3CCN(c4ccccc4)CC3)ccc21)N1CCCC1. The van der Waals surface area contributed by atoms with Gasteiger partial charge in [0.15, 0.2) is 0 Å². The van der Waals surface area contributed by atoms with Crippen molar-refractivity contribution in [2.75, 3.05) is 55.6 Å². The minimum Gasteiger partial charge on any atom is -0.369 e. The first kappa shape index (κ1) is 23.8. The summed E-state index contributed by atoms with van der Waals surface area (Å²) in [6.45, 7) is 4.26. The Balaban J connectivity index is 1.21. The normalized spacial score (nSPS) is 18.7. The average molecular weight is 497 g/mol. The van der Waals surface area contributed by atoms with Gasteiger partial charge in [0.05, 0.1) is 4.90 Å². The number of benzene rings is 2. The zero-order valence-electron chi connectivity index (χ0n) is 19.9. The fourth-order valence-electron chi connectivity index (χ4n) is 5.25. The molecule has 2 saturated heterocycles. The Morgan fingerprint density at radius 1 is 0.771 bits per heavy atom. The first-order valence-electron chi connectivity index (χ1n) is 12.4. The van der Waals surface area contributed by atoms with Crippen molar-refractivity contribution >= 4 is 33.2 Å². The molecule has 0 aliphatic carbocycles. The summed E-state index contributed by atoms with van der Waals surface area (Å²) < 4.78 is 28.2. The van der Waals surface area contributed by atoms with Gasteiger partial charge < -0.3 is 14.7 Å². The first-order valence-corrected chi connectivity index (χ1v) is 13.9. The zero-order chi connectivity index (χ0) is 24.4. The molecule has 3 aliphatic heterocycles. The number of carbonyl (C=O) groups excluding carboxylic acids is 2. The predicted molar refractivity (Wildman–Crippen MR) is 135 cm³/mol. The molecule has 3 aliphatic rings. The van der Waals surface area contributed by atoms with Crippen LogP contribution in [0.25, 0.3) is 0 Å². The molecule has 35 heavy (non-hydrogen) atoms. The van der Waals surface area contributed by atoms with Gasteiger partial charge in [-0.25, -0.2) is 8.42 Å².